The van der Waals surface area contributed by atoms with Crippen molar-refractivity contribution in [3.8, 4) is 5.75 Å². The number of methoxy groups -OCH3 is 1. The molecule has 4 bridgehead atoms. The summed E-state index contributed by atoms with van der Waals surface area (Å²) in [6.07, 6.45) is 11.3. The SMILES string of the molecule is CCOC(=O)C=C(C)CC(C=C(C)c1ccc(OC)c(C23CC4CC(CC(C4)C2)C3)c1)S(=O)(=O)c1ccccc1. The van der Waals surface area contributed by atoms with Gasteiger partial charge in [-0.25, -0.2) is 13.2 Å². The predicted octanol–water partition coefficient (Wildman–Crippen LogP) is 7.31. The lowest BCUT2D eigenvalue weighted by molar-refractivity contribution is -0.137. The van der Waals surface area contributed by atoms with Gasteiger partial charge in [0, 0.05) is 11.6 Å². The Morgan fingerprint density at radius 3 is 2.20 bits per heavy atom. The zero-order valence-electron chi connectivity index (χ0n) is 24.2. The van der Waals surface area contributed by atoms with Crippen LogP contribution in [0, 0.1) is 17.8 Å². The van der Waals surface area contributed by atoms with Crippen LogP contribution in [0.2, 0.25) is 0 Å². The number of hydrogen-bond acceptors (Lipinski definition) is 5. The van der Waals surface area contributed by atoms with E-state index in [2.05, 4.69) is 12.1 Å². The van der Waals surface area contributed by atoms with E-state index in [1.165, 1.54) is 50.2 Å². The molecule has 0 radical (unpaired) electrons. The van der Waals surface area contributed by atoms with Gasteiger partial charge in [-0.3, -0.25) is 0 Å². The molecule has 0 saturated heterocycles. The maximum atomic E-state index is 13.8. The Labute approximate surface area is 239 Å². The first-order valence-electron chi connectivity index (χ1n) is 14.6. The van der Waals surface area contributed by atoms with Gasteiger partial charge in [0.05, 0.1) is 23.9 Å². The minimum atomic E-state index is -3.70. The van der Waals surface area contributed by atoms with Crippen molar-refractivity contribution in [1.29, 1.82) is 0 Å². The molecule has 0 aliphatic heterocycles. The van der Waals surface area contributed by atoms with Crippen LogP contribution < -0.4 is 4.74 Å². The fourth-order valence-corrected chi connectivity index (χ4v) is 9.74. The Hall–Kier alpha value is -2.86. The lowest BCUT2D eigenvalue weighted by Crippen LogP contribution is -2.48. The third kappa shape index (κ3) is 5.79. The van der Waals surface area contributed by atoms with Gasteiger partial charge in [0.1, 0.15) is 5.75 Å². The molecule has 0 N–H and O–H groups in total. The Bertz CT molecular complexity index is 1370. The van der Waals surface area contributed by atoms with Crippen LogP contribution in [0.5, 0.6) is 5.75 Å². The third-order valence-electron chi connectivity index (χ3n) is 9.34. The van der Waals surface area contributed by atoms with Crippen LogP contribution in [-0.4, -0.2) is 33.4 Å². The fourth-order valence-electron chi connectivity index (χ4n) is 7.99. The summed E-state index contributed by atoms with van der Waals surface area (Å²) in [6.45, 7) is 5.80. The molecule has 2 aromatic rings. The number of esters is 1. The number of carbonyl (C=O) groups excluding carboxylic acids is 1. The van der Waals surface area contributed by atoms with E-state index < -0.39 is 21.1 Å². The zero-order valence-corrected chi connectivity index (χ0v) is 25.0. The van der Waals surface area contributed by atoms with Crippen LogP contribution in [-0.2, 0) is 24.8 Å². The van der Waals surface area contributed by atoms with Gasteiger partial charge in [-0.2, -0.15) is 0 Å². The normalized spacial score (nSPS) is 26.9. The van der Waals surface area contributed by atoms with Gasteiger partial charge in [0.25, 0.3) is 0 Å². The predicted molar refractivity (Wildman–Crippen MR) is 159 cm³/mol. The first-order chi connectivity index (χ1) is 19.1. The first-order valence-corrected chi connectivity index (χ1v) is 16.2. The summed E-state index contributed by atoms with van der Waals surface area (Å²) in [6, 6.07) is 14.9. The minimum Gasteiger partial charge on any atom is -0.496 e. The molecular formula is C34H42O5S. The molecule has 2 aromatic carbocycles. The van der Waals surface area contributed by atoms with Crippen molar-refractivity contribution in [2.24, 2.45) is 17.8 Å². The van der Waals surface area contributed by atoms with Gasteiger partial charge in [0.15, 0.2) is 9.84 Å². The number of benzene rings is 2. The van der Waals surface area contributed by atoms with Gasteiger partial charge in [-0.1, -0.05) is 35.9 Å². The number of carbonyl (C=O) groups is 1. The van der Waals surface area contributed by atoms with Crippen molar-refractivity contribution in [2.75, 3.05) is 13.7 Å². The van der Waals surface area contributed by atoms with Crippen molar-refractivity contribution < 1.29 is 22.7 Å². The summed E-state index contributed by atoms with van der Waals surface area (Å²) in [5.74, 6) is 2.93. The monoisotopic (exact) mass is 562 g/mol. The Morgan fingerprint density at radius 1 is 1.00 bits per heavy atom. The van der Waals surface area contributed by atoms with Crippen LogP contribution in [0.1, 0.15) is 76.8 Å². The zero-order chi connectivity index (χ0) is 28.5. The minimum absolute atomic E-state index is 0.158. The summed E-state index contributed by atoms with van der Waals surface area (Å²) < 4.78 is 38.6. The molecule has 4 aliphatic carbocycles. The van der Waals surface area contributed by atoms with E-state index in [9.17, 15) is 13.2 Å². The molecule has 0 heterocycles. The summed E-state index contributed by atoms with van der Waals surface area (Å²) in [7, 11) is -1.95. The topological polar surface area (TPSA) is 69.7 Å². The van der Waals surface area contributed by atoms with Crippen LogP contribution in [0.25, 0.3) is 5.57 Å². The van der Waals surface area contributed by atoms with Crippen molar-refractivity contribution in [3.63, 3.8) is 0 Å². The maximum absolute atomic E-state index is 13.8. The number of ether oxygens (including phenoxy) is 2. The largest absolute Gasteiger partial charge is 0.496 e. The number of rotatable bonds is 10. The molecule has 1 unspecified atom stereocenters. The highest BCUT2D eigenvalue weighted by Gasteiger charge is 2.52. The second-order valence-electron chi connectivity index (χ2n) is 12.3. The van der Waals surface area contributed by atoms with E-state index >= 15 is 0 Å². The average molecular weight is 563 g/mol. The van der Waals surface area contributed by atoms with Gasteiger partial charge in [-0.05, 0) is 124 Å². The molecule has 6 heteroatoms. The van der Waals surface area contributed by atoms with E-state index in [-0.39, 0.29) is 23.3 Å². The second kappa shape index (κ2) is 11.6. The molecule has 0 amide bonds. The number of hydrogen-bond donors (Lipinski definition) is 0. The molecule has 4 aliphatic rings. The van der Waals surface area contributed by atoms with Gasteiger partial charge >= 0.3 is 5.97 Å². The lowest BCUT2D eigenvalue weighted by Gasteiger charge is -2.57. The standard InChI is InChI=1S/C34H42O5S/c1-5-39-33(35)14-23(2)13-30(40(36,37)29-9-7-6-8-10-29)15-24(3)28-11-12-32(38-4)31(19-28)34-20-25-16-26(21-34)18-27(17-25)22-34/h6-12,14-15,19,25-27,30H,5,13,16-18,20-22H2,1-4H3. The van der Waals surface area contributed by atoms with Crippen LogP contribution >= 0.6 is 0 Å². The van der Waals surface area contributed by atoms with Crippen LogP contribution in [0.15, 0.2) is 71.2 Å². The molecule has 1 atom stereocenters. The van der Waals surface area contributed by atoms with Crippen LogP contribution in [0.3, 0.4) is 0 Å². The van der Waals surface area contributed by atoms with Crippen molar-refractivity contribution in [1.82, 2.24) is 0 Å². The van der Waals surface area contributed by atoms with E-state index in [1.54, 1.807) is 45.2 Å². The molecule has 6 rings (SSSR count). The molecule has 40 heavy (non-hydrogen) atoms. The second-order valence-corrected chi connectivity index (χ2v) is 14.5. The molecular weight excluding hydrogens is 520 g/mol. The molecule has 0 aromatic heterocycles. The molecule has 0 spiro atoms. The van der Waals surface area contributed by atoms with Gasteiger partial charge in [0.2, 0.25) is 0 Å². The highest BCUT2D eigenvalue weighted by molar-refractivity contribution is 7.92. The lowest BCUT2D eigenvalue weighted by atomic mass is 9.48. The Kier molecular flexibility index (Phi) is 8.28. The fraction of sp³-hybridized carbons (Fsp3) is 0.500. The smallest absolute Gasteiger partial charge is 0.330 e. The Morgan fingerprint density at radius 2 is 1.62 bits per heavy atom. The maximum Gasteiger partial charge on any atom is 0.330 e. The third-order valence-corrected chi connectivity index (χ3v) is 11.4. The van der Waals surface area contributed by atoms with E-state index in [4.69, 9.17) is 9.47 Å². The summed E-state index contributed by atoms with van der Waals surface area (Å²) in [5.41, 5.74) is 4.04. The summed E-state index contributed by atoms with van der Waals surface area (Å²) in [4.78, 5) is 12.4. The van der Waals surface area contributed by atoms with Crippen molar-refractivity contribution >= 4 is 21.4 Å². The van der Waals surface area contributed by atoms with Crippen molar-refractivity contribution in [2.45, 2.75) is 81.3 Å². The quantitative estimate of drug-likeness (QED) is 0.224. The molecule has 4 saturated carbocycles. The molecule has 214 valence electrons. The van der Waals surface area contributed by atoms with E-state index in [0.717, 1.165) is 34.6 Å². The van der Waals surface area contributed by atoms with Crippen LogP contribution in [0.4, 0.5) is 0 Å². The average Bonchev–Trinajstić information content (AvgIpc) is 2.92. The van der Waals surface area contributed by atoms with Gasteiger partial charge < -0.3 is 9.47 Å². The molecule has 4 fully saturated rings. The highest BCUT2D eigenvalue weighted by Crippen LogP contribution is 2.62. The highest BCUT2D eigenvalue weighted by atomic mass is 32.2. The first kappa shape index (κ1) is 28.7. The van der Waals surface area contributed by atoms with E-state index in [1.807, 2.05) is 25.1 Å². The van der Waals surface area contributed by atoms with Crippen molar-refractivity contribution in [3.05, 3.63) is 77.4 Å². The molecule has 5 nitrogen and oxygen atoms in total. The summed E-state index contributed by atoms with van der Waals surface area (Å²) in [5, 5.41) is -0.828. The Balaban J connectivity index is 1.52. The number of sulfone groups is 1. The number of allylic oxidation sites excluding steroid dienone is 2. The summed E-state index contributed by atoms with van der Waals surface area (Å²) >= 11 is 0. The van der Waals surface area contributed by atoms with E-state index in [0.29, 0.717) is 5.57 Å². The van der Waals surface area contributed by atoms with Gasteiger partial charge in [-0.15, -0.1) is 0 Å².